The van der Waals surface area contributed by atoms with Gasteiger partial charge in [-0.25, -0.2) is 0 Å². The van der Waals surface area contributed by atoms with Crippen LogP contribution in [0, 0.1) is 9.49 Å². The summed E-state index contributed by atoms with van der Waals surface area (Å²) in [6.45, 7) is 3.27. The van der Waals surface area contributed by atoms with Gasteiger partial charge in [0.2, 0.25) is 0 Å². The molecule has 0 aliphatic carbocycles. The molecular formula is C15H20INO2. The van der Waals surface area contributed by atoms with Crippen molar-refractivity contribution in [2.45, 2.75) is 24.8 Å². The highest BCUT2D eigenvalue weighted by Crippen LogP contribution is 2.41. The van der Waals surface area contributed by atoms with Gasteiger partial charge in [-0.15, -0.1) is 0 Å². The quantitative estimate of drug-likeness (QED) is 0.824. The Bertz CT molecular complexity index is 454. The van der Waals surface area contributed by atoms with E-state index in [0.29, 0.717) is 12.5 Å². The van der Waals surface area contributed by atoms with E-state index in [-0.39, 0.29) is 5.54 Å². The Labute approximate surface area is 128 Å². The molecule has 1 aromatic rings. The van der Waals surface area contributed by atoms with Crippen LogP contribution in [0.4, 0.5) is 0 Å². The van der Waals surface area contributed by atoms with Crippen molar-refractivity contribution < 1.29 is 9.84 Å². The molecule has 2 unspecified atom stereocenters. The molecule has 104 valence electrons. The molecular weight excluding hydrogens is 353 g/mol. The number of halogens is 1. The fourth-order valence-corrected chi connectivity index (χ4v) is 4.06. The molecule has 3 nitrogen and oxygen atoms in total. The summed E-state index contributed by atoms with van der Waals surface area (Å²) >= 11 is 2.30. The third-order valence-corrected chi connectivity index (χ3v) is 5.14. The molecule has 0 radical (unpaired) electrons. The van der Waals surface area contributed by atoms with Gasteiger partial charge in [0, 0.05) is 21.6 Å². The van der Waals surface area contributed by atoms with Crippen LogP contribution in [0.1, 0.15) is 19.3 Å². The van der Waals surface area contributed by atoms with Gasteiger partial charge in [-0.2, -0.15) is 0 Å². The Morgan fingerprint density at radius 2 is 2.37 bits per heavy atom. The van der Waals surface area contributed by atoms with Crippen LogP contribution in [0.5, 0.6) is 5.75 Å². The second-order valence-corrected chi connectivity index (χ2v) is 7.02. The van der Waals surface area contributed by atoms with Crippen molar-refractivity contribution in [3.8, 4) is 5.75 Å². The minimum atomic E-state index is 0.0686. The van der Waals surface area contributed by atoms with Crippen LogP contribution in [0.2, 0.25) is 0 Å². The topological polar surface area (TPSA) is 32.7 Å². The highest BCUT2D eigenvalue weighted by molar-refractivity contribution is 14.1. The zero-order valence-corrected chi connectivity index (χ0v) is 13.2. The third kappa shape index (κ3) is 2.76. The smallest absolute Gasteiger partial charge is 0.120 e. The Morgan fingerprint density at radius 3 is 3.11 bits per heavy atom. The highest BCUT2D eigenvalue weighted by Gasteiger charge is 2.47. The predicted octanol–water partition coefficient (Wildman–Crippen LogP) is 2.52. The van der Waals surface area contributed by atoms with E-state index in [4.69, 9.17) is 4.74 Å². The first-order valence-electron chi connectivity index (χ1n) is 6.96. The molecule has 2 aliphatic rings. The van der Waals surface area contributed by atoms with Crippen molar-refractivity contribution in [1.82, 2.24) is 4.90 Å². The SMILES string of the molecule is OCC12CCCN1CC(COc1cccc(I)c1)C2. The van der Waals surface area contributed by atoms with Crippen molar-refractivity contribution in [3.63, 3.8) is 0 Å². The summed E-state index contributed by atoms with van der Waals surface area (Å²) in [6.07, 6.45) is 3.45. The molecule has 2 saturated heterocycles. The molecule has 0 spiro atoms. The maximum atomic E-state index is 9.68. The fraction of sp³-hybridized carbons (Fsp3) is 0.600. The molecule has 2 aliphatic heterocycles. The van der Waals surface area contributed by atoms with Gasteiger partial charge in [0.1, 0.15) is 5.75 Å². The molecule has 0 amide bonds. The molecule has 0 aromatic heterocycles. The third-order valence-electron chi connectivity index (χ3n) is 4.46. The second-order valence-electron chi connectivity index (χ2n) is 5.77. The number of fused-ring (bicyclic) bond motifs is 1. The molecule has 2 heterocycles. The maximum Gasteiger partial charge on any atom is 0.120 e. The minimum Gasteiger partial charge on any atom is -0.493 e. The van der Waals surface area contributed by atoms with Crippen LogP contribution in [0.3, 0.4) is 0 Å². The zero-order chi connectivity index (χ0) is 13.3. The largest absolute Gasteiger partial charge is 0.493 e. The average Bonchev–Trinajstić information content (AvgIpc) is 2.93. The van der Waals surface area contributed by atoms with E-state index in [1.165, 1.54) is 9.99 Å². The normalized spacial score (nSPS) is 30.5. The van der Waals surface area contributed by atoms with E-state index in [2.05, 4.69) is 39.6 Å². The molecule has 0 bridgehead atoms. The van der Waals surface area contributed by atoms with E-state index in [9.17, 15) is 5.11 Å². The number of hydrogen-bond acceptors (Lipinski definition) is 3. The molecule has 1 N–H and O–H groups in total. The van der Waals surface area contributed by atoms with Crippen molar-refractivity contribution in [2.24, 2.45) is 5.92 Å². The van der Waals surface area contributed by atoms with Crippen molar-refractivity contribution in [1.29, 1.82) is 0 Å². The molecule has 0 saturated carbocycles. The molecule has 2 atom stereocenters. The van der Waals surface area contributed by atoms with Gasteiger partial charge in [-0.1, -0.05) is 6.07 Å². The minimum absolute atomic E-state index is 0.0686. The van der Waals surface area contributed by atoms with E-state index >= 15 is 0 Å². The summed E-state index contributed by atoms with van der Waals surface area (Å²) < 4.78 is 7.12. The van der Waals surface area contributed by atoms with Gasteiger partial charge in [-0.3, -0.25) is 4.90 Å². The predicted molar refractivity (Wildman–Crippen MR) is 83.4 cm³/mol. The van der Waals surface area contributed by atoms with Crippen LogP contribution >= 0.6 is 22.6 Å². The number of rotatable bonds is 4. The van der Waals surface area contributed by atoms with E-state index in [1.54, 1.807) is 0 Å². The van der Waals surface area contributed by atoms with Crippen molar-refractivity contribution >= 4 is 22.6 Å². The molecule has 1 aromatic carbocycles. The molecule has 19 heavy (non-hydrogen) atoms. The lowest BCUT2D eigenvalue weighted by molar-refractivity contribution is 0.0996. The van der Waals surface area contributed by atoms with Gasteiger partial charge >= 0.3 is 0 Å². The van der Waals surface area contributed by atoms with Gasteiger partial charge in [0.25, 0.3) is 0 Å². The fourth-order valence-electron chi connectivity index (χ4n) is 3.55. The van der Waals surface area contributed by atoms with E-state index in [0.717, 1.165) is 38.3 Å². The molecule has 2 fully saturated rings. The van der Waals surface area contributed by atoms with Gasteiger partial charge in [0.05, 0.1) is 13.2 Å². The summed E-state index contributed by atoms with van der Waals surface area (Å²) in [7, 11) is 0. The van der Waals surface area contributed by atoms with E-state index in [1.807, 2.05) is 12.1 Å². The Kier molecular flexibility index (Phi) is 4.01. The maximum absolute atomic E-state index is 9.68. The number of ether oxygens (including phenoxy) is 1. The van der Waals surface area contributed by atoms with E-state index < -0.39 is 0 Å². The first-order chi connectivity index (χ1) is 9.22. The summed E-state index contributed by atoms with van der Waals surface area (Å²) in [5, 5.41) is 9.68. The van der Waals surface area contributed by atoms with Crippen LogP contribution < -0.4 is 4.74 Å². The Hall–Kier alpha value is -0.330. The van der Waals surface area contributed by atoms with Crippen LogP contribution in [-0.4, -0.2) is 41.8 Å². The molecule has 3 rings (SSSR count). The molecule has 4 heteroatoms. The monoisotopic (exact) mass is 373 g/mol. The lowest BCUT2D eigenvalue weighted by Gasteiger charge is -2.29. The van der Waals surface area contributed by atoms with Crippen molar-refractivity contribution in [2.75, 3.05) is 26.3 Å². The van der Waals surface area contributed by atoms with Crippen LogP contribution in [0.25, 0.3) is 0 Å². The number of nitrogens with zero attached hydrogens (tertiary/aromatic N) is 1. The van der Waals surface area contributed by atoms with Gasteiger partial charge in [-0.05, 0) is 66.6 Å². The standard InChI is InChI=1S/C15H20INO2/c16-13-3-1-4-14(7-13)19-10-12-8-15(11-18)5-2-6-17(15)9-12/h1,3-4,7,12,18H,2,5-6,8-11H2. The Balaban J connectivity index is 1.58. The number of aliphatic hydroxyl groups is 1. The van der Waals surface area contributed by atoms with Crippen molar-refractivity contribution in [3.05, 3.63) is 27.8 Å². The highest BCUT2D eigenvalue weighted by atomic mass is 127. The van der Waals surface area contributed by atoms with Gasteiger partial charge < -0.3 is 9.84 Å². The summed E-state index contributed by atoms with van der Waals surface area (Å²) in [4.78, 5) is 2.47. The van der Waals surface area contributed by atoms with Crippen LogP contribution in [0.15, 0.2) is 24.3 Å². The first kappa shape index (κ1) is 13.6. The summed E-state index contributed by atoms with van der Waals surface area (Å²) in [5.74, 6) is 1.50. The number of hydrogen-bond donors (Lipinski definition) is 1. The lowest BCUT2D eigenvalue weighted by atomic mass is 9.91. The second kappa shape index (κ2) is 5.58. The first-order valence-corrected chi connectivity index (χ1v) is 8.04. The lowest BCUT2D eigenvalue weighted by Crippen LogP contribution is -2.41. The average molecular weight is 373 g/mol. The van der Waals surface area contributed by atoms with Crippen LogP contribution in [-0.2, 0) is 0 Å². The number of benzene rings is 1. The Morgan fingerprint density at radius 1 is 1.47 bits per heavy atom. The number of aliphatic hydroxyl groups excluding tert-OH is 1. The summed E-state index contributed by atoms with van der Waals surface area (Å²) in [6, 6.07) is 8.18. The zero-order valence-electron chi connectivity index (χ0n) is 11.0. The summed E-state index contributed by atoms with van der Waals surface area (Å²) in [5.41, 5.74) is 0.0686. The van der Waals surface area contributed by atoms with Gasteiger partial charge in [0.15, 0.2) is 0 Å².